The lowest BCUT2D eigenvalue weighted by Gasteiger charge is -2.34. The molecule has 0 aromatic heterocycles. The molecule has 132 valence electrons. The molecule has 0 saturated carbocycles. The van der Waals surface area contributed by atoms with Gasteiger partial charge >= 0.3 is 0 Å². The van der Waals surface area contributed by atoms with Crippen LogP contribution in [0.5, 0.6) is 0 Å². The smallest absolute Gasteiger partial charge is 0.230 e. The van der Waals surface area contributed by atoms with Crippen LogP contribution in [0.2, 0.25) is 0 Å². The maximum absolute atomic E-state index is 12.8. The second kappa shape index (κ2) is 7.83. The zero-order valence-corrected chi connectivity index (χ0v) is 15.2. The van der Waals surface area contributed by atoms with E-state index in [1.807, 2.05) is 44.2 Å². The molecule has 1 aliphatic heterocycles. The number of nitrogens with one attached hydrogen (secondary N) is 1. The predicted octanol–water partition coefficient (Wildman–Crippen LogP) is 3.75. The van der Waals surface area contributed by atoms with Crippen molar-refractivity contribution in [1.29, 1.82) is 0 Å². The molecule has 1 amide bonds. The Balaban J connectivity index is 1.51. The Labute approximate surface area is 151 Å². The van der Waals surface area contributed by atoms with Crippen molar-refractivity contribution in [3.05, 3.63) is 71.8 Å². The largest absolute Gasteiger partial charge is 0.353 e. The van der Waals surface area contributed by atoms with E-state index in [4.69, 9.17) is 0 Å². The molecular weight excluding hydrogens is 308 g/mol. The maximum Gasteiger partial charge on any atom is 0.230 e. The van der Waals surface area contributed by atoms with E-state index in [0.717, 1.165) is 38.0 Å². The minimum absolute atomic E-state index is 0.125. The van der Waals surface area contributed by atoms with Crippen molar-refractivity contribution in [2.24, 2.45) is 0 Å². The molecule has 1 heterocycles. The number of benzene rings is 2. The van der Waals surface area contributed by atoms with Crippen LogP contribution < -0.4 is 5.32 Å². The molecule has 1 aliphatic rings. The Hall–Kier alpha value is -2.13. The fourth-order valence-electron chi connectivity index (χ4n) is 3.43. The van der Waals surface area contributed by atoms with Crippen LogP contribution in [0.15, 0.2) is 60.7 Å². The van der Waals surface area contributed by atoms with E-state index in [9.17, 15) is 4.79 Å². The summed E-state index contributed by atoms with van der Waals surface area (Å²) in [6.45, 7) is 7.07. The van der Waals surface area contributed by atoms with Crippen molar-refractivity contribution in [2.75, 3.05) is 13.1 Å². The molecule has 1 saturated heterocycles. The Morgan fingerprint density at radius 3 is 2.16 bits per heavy atom. The van der Waals surface area contributed by atoms with Crippen molar-refractivity contribution >= 4 is 5.91 Å². The molecule has 0 atom stereocenters. The summed E-state index contributed by atoms with van der Waals surface area (Å²) in [4.78, 5) is 15.3. The summed E-state index contributed by atoms with van der Waals surface area (Å²) in [5, 5.41) is 3.28. The van der Waals surface area contributed by atoms with Gasteiger partial charge < -0.3 is 5.32 Å². The van der Waals surface area contributed by atoms with Gasteiger partial charge in [0.05, 0.1) is 5.41 Å². The molecule has 25 heavy (non-hydrogen) atoms. The highest BCUT2D eigenvalue weighted by Gasteiger charge is 2.32. The van der Waals surface area contributed by atoms with Crippen molar-refractivity contribution in [3.8, 4) is 0 Å². The lowest BCUT2D eigenvalue weighted by molar-refractivity contribution is -0.126. The Kier molecular flexibility index (Phi) is 5.54. The van der Waals surface area contributed by atoms with Gasteiger partial charge in [-0.15, -0.1) is 0 Å². The molecule has 3 rings (SSSR count). The van der Waals surface area contributed by atoms with Crippen LogP contribution in [-0.2, 0) is 16.8 Å². The van der Waals surface area contributed by atoms with E-state index in [1.165, 1.54) is 5.56 Å². The minimum Gasteiger partial charge on any atom is -0.353 e. The van der Waals surface area contributed by atoms with Crippen LogP contribution in [0, 0.1) is 0 Å². The number of likely N-dealkylation sites (tertiary alicyclic amines) is 1. The SMILES string of the molecule is CC(C)(C(=O)NC1CCN(Cc2ccccc2)CC1)c1ccccc1. The summed E-state index contributed by atoms with van der Waals surface area (Å²) in [5.41, 5.74) is 1.92. The summed E-state index contributed by atoms with van der Waals surface area (Å²) in [5.74, 6) is 0.125. The summed E-state index contributed by atoms with van der Waals surface area (Å²) in [6.07, 6.45) is 2.03. The van der Waals surface area contributed by atoms with Crippen molar-refractivity contribution in [3.63, 3.8) is 0 Å². The van der Waals surface area contributed by atoms with Gasteiger partial charge in [-0.05, 0) is 37.8 Å². The fraction of sp³-hybridized carbons (Fsp3) is 0.409. The molecule has 2 aromatic rings. The zero-order valence-electron chi connectivity index (χ0n) is 15.2. The van der Waals surface area contributed by atoms with Gasteiger partial charge in [-0.3, -0.25) is 9.69 Å². The van der Waals surface area contributed by atoms with Gasteiger partial charge in [0.25, 0.3) is 0 Å². The van der Waals surface area contributed by atoms with Crippen LogP contribution in [0.3, 0.4) is 0 Å². The molecule has 1 fully saturated rings. The molecule has 0 unspecified atom stereocenters. The number of carbonyl (C=O) groups excluding carboxylic acids is 1. The molecule has 3 nitrogen and oxygen atoms in total. The van der Waals surface area contributed by atoms with E-state index in [1.54, 1.807) is 0 Å². The molecule has 3 heteroatoms. The second-order valence-electron chi connectivity index (χ2n) is 7.50. The highest BCUT2D eigenvalue weighted by atomic mass is 16.2. The first-order chi connectivity index (χ1) is 12.1. The van der Waals surface area contributed by atoms with E-state index in [0.29, 0.717) is 0 Å². The molecule has 0 bridgehead atoms. The van der Waals surface area contributed by atoms with Gasteiger partial charge in [0.2, 0.25) is 5.91 Å². The van der Waals surface area contributed by atoms with E-state index in [-0.39, 0.29) is 11.9 Å². The standard InChI is InChI=1S/C22H28N2O/c1-22(2,19-11-7-4-8-12-19)21(25)23-20-13-15-24(16-14-20)17-18-9-5-3-6-10-18/h3-12,20H,13-17H2,1-2H3,(H,23,25). The van der Waals surface area contributed by atoms with Gasteiger partial charge in [-0.25, -0.2) is 0 Å². The van der Waals surface area contributed by atoms with Gasteiger partial charge in [-0.1, -0.05) is 60.7 Å². The summed E-state index contributed by atoms with van der Waals surface area (Å²) in [6, 6.07) is 20.9. The fourth-order valence-corrected chi connectivity index (χ4v) is 3.43. The average molecular weight is 336 g/mol. The first kappa shape index (κ1) is 17.7. The molecule has 2 aromatic carbocycles. The van der Waals surface area contributed by atoms with Gasteiger partial charge in [0.1, 0.15) is 0 Å². The normalized spacial score (nSPS) is 16.6. The molecule has 0 spiro atoms. The van der Waals surface area contributed by atoms with Crippen LogP contribution in [0.4, 0.5) is 0 Å². The number of hydrogen-bond acceptors (Lipinski definition) is 2. The van der Waals surface area contributed by atoms with Crippen LogP contribution in [0.25, 0.3) is 0 Å². The number of piperidine rings is 1. The molecular formula is C22H28N2O. The summed E-state index contributed by atoms with van der Waals surface area (Å²) >= 11 is 0. The van der Waals surface area contributed by atoms with Gasteiger partial charge in [0.15, 0.2) is 0 Å². The Morgan fingerprint density at radius 2 is 1.56 bits per heavy atom. The van der Waals surface area contributed by atoms with Crippen LogP contribution >= 0.6 is 0 Å². The molecule has 1 N–H and O–H groups in total. The monoisotopic (exact) mass is 336 g/mol. The number of hydrogen-bond donors (Lipinski definition) is 1. The third-order valence-electron chi connectivity index (χ3n) is 5.23. The van der Waals surface area contributed by atoms with Gasteiger partial charge in [-0.2, -0.15) is 0 Å². The summed E-state index contributed by atoms with van der Waals surface area (Å²) in [7, 11) is 0. The summed E-state index contributed by atoms with van der Waals surface area (Å²) < 4.78 is 0. The Morgan fingerprint density at radius 1 is 1.00 bits per heavy atom. The van der Waals surface area contributed by atoms with Crippen LogP contribution in [0.1, 0.15) is 37.8 Å². The second-order valence-corrected chi connectivity index (χ2v) is 7.50. The third-order valence-corrected chi connectivity index (χ3v) is 5.23. The topological polar surface area (TPSA) is 32.3 Å². The Bertz CT molecular complexity index is 674. The predicted molar refractivity (Wildman–Crippen MR) is 102 cm³/mol. The molecule has 0 aliphatic carbocycles. The number of nitrogens with zero attached hydrogens (tertiary/aromatic N) is 1. The van der Waals surface area contributed by atoms with E-state index < -0.39 is 5.41 Å². The quantitative estimate of drug-likeness (QED) is 0.902. The van der Waals surface area contributed by atoms with Crippen molar-refractivity contribution in [1.82, 2.24) is 10.2 Å². The van der Waals surface area contributed by atoms with Crippen molar-refractivity contribution in [2.45, 2.75) is 44.7 Å². The number of amides is 1. The highest BCUT2D eigenvalue weighted by molar-refractivity contribution is 5.87. The minimum atomic E-state index is -0.498. The lowest BCUT2D eigenvalue weighted by Crippen LogP contribution is -2.49. The number of rotatable bonds is 5. The number of carbonyl (C=O) groups is 1. The highest BCUT2D eigenvalue weighted by Crippen LogP contribution is 2.24. The third kappa shape index (κ3) is 4.49. The first-order valence-corrected chi connectivity index (χ1v) is 9.18. The maximum atomic E-state index is 12.8. The van der Waals surface area contributed by atoms with E-state index >= 15 is 0 Å². The van der Waals surface area contributed by atoms with Crippen molar-refractivity contribution < 1.29 is 4.79 Å². The molecule has 0 radical (unpaired) electrons. The van der Waals surface area contributed by atoms with E-state index in [2.05, 4.69) is 40.5 Å². The average Bonchev–Trinajstić information content (AvgIpc) is 2.65. The lowest BCUT2D eigenvalue weighted by atomic mass is 9.83. The zero-order chi connectivity index (χ0) is 17.7. The van der Waals surface area contributed by atoms with Gasteiger partial charge in [0, 0.05) is 25.7 Å². The first-order valence-electron chi connectivity index (χ1n) is 9.18. The van der Waals surface area contributed by atoms with Crippen LogP contribution in [-0.4, -0.2) is 29.9 Å².